The van der Waals surface area contributed by atoms with Gasteiger partial charge in [0.2, 0.25) is 0 Å². The Morgan fingerprint density at radius 2 is 2.00 bits per heavy atom. The summed E-state index contributed by atoms with van der Waals surface area (Å²) in [6.07, 6.45) is 1.29. The molecule has 3 rings (SSSR count). The molecule has 0 saturated heterocycles. The van der Waals surface area contributed by atoms with Crippen molar-refractivity contribution < 1.29 is 28.2 Å². The van der Waals surface area contributed by atoms with Crippen molar-refractivity contribution in [2.75, 3.05) is 0 Å². The Bertz CT molecular complexity index is 936. The van der Waals surface area contributed by atoms with E-state index in [1.807, 2.05) is 0 Å². The molecule has 0 aliphatic carbocycles. The standard InChI is InChI=1S/C20H23F2N3O4/c1-20(2,3)29-19(28)24-14-8-7-11(12-5-4-6-13(21)16(12)22)10-25-15(18(26)27)9-23-17(14)25/h4-6,9,11,14H,7-8,10H2,1-3H3,(H,24,28)(H,26,27). The predicted molar refractivity (Wildman–Crippen MR) is 99.6 cm³/mol. The third kappa shape index (κ3) is 4.55. The van der Waals surface area contributed by atoms with Crippen molar-refractivity contribution in [2.45, 2.75) is 57.7 Å². The van der Waals surface area contributed by atoms with Crippen molar-refractivity contribution >= 4 is 12.1 Å². The molecule has 0 spiro atoms. The first-order valence-electron chi connectivity index (χ1n) is 9.29. The minimum absolute atomic E-state index is 0.0836. The first-order chi connectivity index (χ1) is 13.6. The van der Waals surface area contributed by atoms with Crippen LogP contribution in [0.2, 0.25) is 0 Å². The van der Waals surface area contributed by atoms with E-state index >= 15 is 0 Å². The van der Waals surface area contributed by atoms with Crippen molar-refractivity contribution in [3.05, 3.63) is 53.1 Å². The van der Waals surface area contributed by atoms with Gasteiger partial charge in [0.15, 0.2) is 11.6 Å². The Morgan fingerprint density at radius 3 is 2.66 bits per heavy atom. The first-order valence-corrected chi connectivity index (χ1v) is 9.29. The predicted octanol–water partition coefficient (Wildman–Crippen LogP) is 4.00. The van der Waals surface area contributed by atoms with Gasteiger partial charge in [0.1, 0.15) is 17.1 Å². The molecule has 1 amide bonds. The third-order valence-electron chi connectivity index (χ3n) is 4.74. The molecule has 1 aliphatic rings. The molecule has 9 heteroatoms. The van der Waals surface area contributed by atoms with Crippen LogP contribution < -0.4 is 5.32 Å². The fourth-order valence-electron chi connectivity index (χ4n) is 3.52. The van der Waals surface area contributed by atoms with Crippen LogP contribution in [0.25, 0.3) is 0 Å². The number of ether oxygens (including phenoxy) is 1. The lowest BCUT2D eigenvalue weighted by Crippen LogP contribution is -2.35. The molecule has 0 bridgehead atoms. The van der Waals surface area contributed by atoms with Crippen molar-refractivity contribution in [3.8, 4) is 0 Å². The molecule has 1 aromatic heterocycles. The Hall–Kier alpha value is -2.97. The second-order valence-corrected chi connectivity index (χ2v) is 8.03. The van der Waals surface area contributed by atoms with Gasteiger partial charge in [-0.1, -0.05) is 12.1 Å². The number of carbonyl (C=O) groups excluding carboxylic acids is 1. The molecular weight excluding hydrogens is 384 g/mol. The van der Waals surface area contributed by atoms with Crippen LogP contribution in [0, 0.1) is 11.6 Å². The number of carboxylic acid groups (broad SMARTS) is 1. The number of hydrogen-bond acceptors (Lipinski definition) is 4. The number of aromatic nitrogens is 2. The van der Waals surface area contributed by atoms with Gasteiger partial charge in [0.25, 0.3) is 0 Å². The minimum Gasteiger partial charge on any atom is -0.477 e. The zero-order chi connectivity index (χ0) is 21.3. The van der Waals surface area contributed by atoms with Crippen LogP contribution in [0.4, 0.5) is 13.6 Å². The van der Waals surface area contributed by atoms with Gasteiger partial charge in [-0.2, -0.15) is 0 Å². The van der Waals surface area contributed by atoms with E-state index in [1.54, 1.807) is 20.8 Å². The highest BCUT2D eigenvalue weighted by molar-refractivity contribution is 5.85. The largest absolute Gasteiger partial charge is 0.477 e. The number of fused-ring (bicyclic) bond motifs is 1. The summed E-state index contributed by atoms with van der Waals surface area (Å²) in [5.41, 5.74) is -0.623. The monoisotopic (exact) mass is 407 g/mol. The van der Waals surface area contributed by atoms with Crippen molar-refractivity contribution in [1.29, 1.82) is 0 Å². The summed E-state index contributed by atoms with van der Waals surface area (Å²) >= 11 is 0. The van der Waals surface area contributed by atoms with Gasteiger partial charge in [0.05, 0.1) is 12.2 Å². The number of hydrogen-bond donors (Lipinski definition) is 2. The Morgan fingerprint density at radius 1 is 1.28 bits per heavy atom. The van der Waals surface area contributed by atoms with Crippen LogP contribution in [0.3, 0.4) is 0 Å². The lowest BCUT2D eigenvalue weighted by atomic mass is 9.93. The highest BCUT2D eigenvalue weighted by Gasteiger charge is 2.32. The van der Waals surface area contributed by atoms with Gasteiger partial charge in [0, 0.05) is 12.5 Å². The second kappa shape index (κ2) is 7.81. The number of amides is 1. The third-order valence-corrected chi connectivity index (χ3v) is 4.74. The summed E-state index contributed by atoms with van der Waals surface area (Å²) in [6.45, 7) is 5.29. The number of aromatic carboxylic acids is 1. The summed E-state index contributed by atoms with van der Waals surface area (Å²) in [5, 5.41) is 12.2. The molecule has 2 atom stereocenters. The first kappa shape index (κ1) is 20.8. The number of alkyl carbamates (subject to hydrolysis) is 1. The lowest BCUT2D eigenvalue weighted by molar-refractivity contribution is 0.0498. The average molecular weight is 407 g/mol. The molecule has 0 fully saturated rings. The summed E-state index contributed by atoms with van der Waals surface area (Å²) in [5.74, 6) is -3.25. The quantitative estimate of drug-likeness (QED) is 0.802. The van der Waals surface area contributed by atoms with Crippen LogP contribution in [0.1, 0.15) is 67.4 Å². The SMILES string of the molecule is CC(C)(C)OC(=O)NC1CCC(c2cccc(F)c2F)Cn2c(C(=O)O)cnc21. The minimum atomic E-state index is -1.19. The number of nitrogens with zero attached hydrogens (tertiary/aromatic N) is 2. The van der Waals surface area contributed by atoms with E-state index < -0.39 is 41.3 Å². The molecule has 7 nitrogen and oxygen atoms in total. The molecule has 2 aromatic rings. The van der Waals surface area contributed by atoms with Gasteiger partial charge in [-0.15, -0.1) is 0 Å². The number of rotatable bonds is 3. The van der Waals surface area contributed by atoms with Crippen molar-refractivity contribution in [1.82, 2.24) is 14.9 Å². The van der Waals surface area contributed by atoms with E-state index in [0.717, 1.165) is 6.07 Å². The average Bonchev–Trinajstić information content (AvgIpc) is 2.94. The summed E-state index contributed by atoms with van der Waals surface area (Å²) in [7, 11) is 0. The molecule has 156 valence electrons. The molecule has 1 aliphatic heterocycles. The van der Waals surface area contributed by atoms with Crippen LogP contribution >= 0.6 is 0 Å². The topological polar surface area (TPSA) is 93.5 Å². The van der Waals surface area contributed by atoms with Gasteiger partial charge < -0.3 is 19.7 Å². The molecule has 29 heavy (non-hydrogen) atoms. The molecule has 0 saturated carbocycles. The molecule has 2 N–H and O–H groups in total. The maximum absolute atomic E-state index is 14.4. The number of halogens is 2. The molecule has 1 aromatic carbocycles. The highest BCUT2D eigenvalue weighted by atomic mass is 19.2. The number of nitrogens with one attached hydrogen (secondary N) is 1. The van der Waals surface area contributed by atoms with Crippen LogP contribution in [-0.2, 0) is 11.3 Å². The zero-order valence-electron chi connectivity index (χ0n) is 16.4. The normalized spacial score (nSPS) is 19.2. The lowest BCUT2D eigenvalue weighted by Gasteiger charge is -2.23. The maximum atomic E-state index is 14.4. The second-order valence-electron chi connectivity index (χ2n) is 8.03. The van der Waals surface area contributed by atoms with Gasteiger partial charge >= 0.3 is 12.1 Å². The summed E-state index contributed by atoms with van der Waals surface area (Å²) < 4.78 is 34.8. The fourth-order valence-corrected chi connectivity index (χ4v) is 3.52. The molecule has 0 radical (unpaired) electrons. The van der Waals surface area contributed by atoms with E-state index in [4.69, 9.17) is 4.74 Å². The number of carbonyl (C=O) groups is 2. The van der Waals surface area contributed by atoms with Crippen molar-refractivity contribution in [3.63, 3.8) is 0 Å². The Balaban J connectivity index is 1.95. The highest BCUT2D eigenvalue weighted by Crippen LogP contribution is 2.35. The van der Waals surface area contributed by atoms with Crippen LogP contribution in [-0.4, -0.2) is 32.3 Å². The zero-order valence-corrected chi connectivity index (χ0v) is 16.4. The van der Waals surface area contributed by atoms with Gasteiger partial charge in [-0.3, -0.25) is 0 Å². The number of carboxylic acids is 1. The van der Waals surface area contributed by atoms with Gasteiger partial charge in [-0.25, -0.2) is 23.4 Å². The molecule has 2 heterocycles. The Labute approximate surface area is 166 Å². The van der Waals surface area contributed by atoms with Gasteiger partial charge in [-0.05, 0) is 45.2 Å². The molecular formula is C20H23F2N3O4. The number of benzene rings is 1. The fraction of sp³-hybridized carbons (Fsp3) is 0.450. The van der Waals surface area contributed by atoms with Crippen molar-refractivity contribution in [2.24, 2.45) is 0 Å². The van der Waals surface area contributed by atoms with Crippen LogP contribution in [0.5, 0.6) is 0 Å². The Kier molecular flexibility index (Phi) is 5.59. The summed E-state index contributed by atoms with van der Waals surface area (Å²) in [6, 6.07) is 3.32. The van der Waals surface area contributed by atoms with E-state index in [0.29, 0.717) is 18.7 Å². The summed E-state index contributed by atoms with van der Waals surface area (Å²) in [4.78, 5) is 28.0. The number of imidazole rings is 1. The maximum Gasteiger partial charge on any atom is 0.408 e. The van der Waals surface area contributed by atoms with E-state index in [2.05, 4.69) is 10.3 Å². The molecule has 2 unspecified atom stereocenters. The van der Waals surface area contributed by atoms with E-state index in [9.17, 15) is 23.5 Å². The van der Waals surface area contributed by atoms with E-state index in [-0.39, 0.29) is 17.8 Å². The van der Waals surface area contributed by atoms with Crippen LogP contribution in [0.15, 0.2) is 24.4 Å². The smallest absolute Gasteiger partial charge is 0.408 e. The van der Waals surface area contributed by atoms with E-state index in [1.165, 1.54) is 22.9 Å².